The van der Waals surface area contributed by atoms with E-state index < -0.39 is 0 Å². The van der Waals surface area contributed by atoms with Crippen LogP contribution in [0.3, 0.4) is 0 Å². The SMILES string of the molecule is CC(Oc1ccc(N)cc1)N1CCOCC1. The van der Waals surface area contributed by atoms with Gasteiger partial charge in [-0.1, -0.05) is 0 Å². The average Bonchev–Trinajstić information content (AvgIpc) is 2.33. The molecule has 1 fully saturated rings. The van der Waals surface area contributed by atoms with Crippen LogP contribution in [0.1, 0.15) is 6.92 Å². The Morgan fingerprint density at radius 2 is 1.88 bits per heavy atom. The van der Waals surface area contributed by atoms with Gasteiger partial charge in [-0.15, -0.1) is 0 Å². The highest BCUT2D eigenvalue weighted by molar-refractivity contribution is 5.41. The number of morpholine rings is 1. The smallest absolute Gasteiger partial charge is 0.149 e. The lowest BCUT2D eigenvalue weighted by molar-refractivity contribution is -0.0373. The van der Waals surface area contributed by atoms with E-state index in [1.807, 2.05) is 24.3 Å². The van der Waals surface area contributed by atoms with E-state index in [0.29, 0.717) is 0 Å². The van der Waals surface area contributed by atoms with Crippen molar-refractivity contribution in [2.75, 3.05) is 32.0 Å². The molecule has 0 radical (unpaired) electrons. The fourth-order valence-corrected chi connectivity index (χ4v) is 1.76. The van der Waals surface area contributed by atoms with Crippen LogP contribution in [-0.2, 0) is 4.74 Å². The Bertz CT molecular complexity index is 320. The van der Waals surface area contributed by atoms with Gasteiger partial charge in [0.25, 0.3) is 0 Å². The molecule has 0 saturated carbocycles. The van der Waals surface area contributed by atoms with Crippen LogP contribution in [0.4, 0.5) is 5.69 Å². The topological polar surface area (TPSA) is 47.7 Å². The minimum Gasteiger partial charge on any atom is -0.475 e. The van der Waals surface area contributed by atoms with E-state index in [-0.39, 0.29) is 6.23 Å². The van der Waals surface area contributed by atoms with Crippen molar-refractivity contribution in [3.63, 3.8) is 0 Å². The molecule has 0 bridgehead atoms. The summed E-state index contributed by atoms with van der Waals surface area (Å²) in [5.41, 5.74) is 6.37. The number of nitrogen functional groups attached to an aromatic ring is 1. The fraction of sp³-hybridized carbons (Fsp3) is 0.500. The first-order valence-corrected chi connectivity index (χ1v) is 5.60. The van der Waals surface area contributed by atoms with Crippen LogP contribution >= 0.6 is 0 Å². The molecule has 0 amide bonds. The summed E-state index contributed by atoms with van der Waals surface area (Å²) < 4.78 is 11.1. The molecule has 1 aliphatic heterocycles. The number of nitrogens with two attached hydrogens (primary N) is 1. The van der Waals surface area contributed by atoms with Gasteiger partial charge in [0.1, 0.15) is 12.0 Å². The van der Waals surface area contributed by atoms with Crippen LogP contribution in [0.15, 0.2) is 24.3 Å². The summed E-state index contributed by atoms with van der Waals surface area (Å²) in [4.78, 5) is 2.26. The Balaban J connectivity index is 1.90. The van der Waals surface area contributed by atoms with Crippen molar-refractivity contribution in [1.82, 2.24) is 4.90 Å². The Kier molecular flexibility index (Phi) is 3.64. The molecule has 16 heavy (non-hydrogen) atoms. The number of nitrogens with zero attached hydrogens (tertiary/aromatic N) is 1. The van der Waals surface area contributed by atoms with Crippen LogP contribution in [0.25, 0.3) is 0 Å². The van der Waals surface area contributed by atoms with Gasteiger partial charge >= 0.3 is 0 Å². The van der Waals surface area contributed by atoms with Gasteiger partial charge in [-0.05, 0) is 31.2 Å². The van der Waals surface area contributed by atoms with Crippen LogP contribution in [0.2, 0.25) is 0 Å². The van der Waals surface area contributed by atoms with Gasteiger partial charge in [0.2, 0.25) is 0 Å². The molecule has 1 heterocycles. The Morgan fingerprint density at radius 1 is 1.25 bits per heavy atom. The molecule has 88 valence electrons. The summed E-state index contributed by atoms with van der Waals surface area (Å²) in [5.74, 6) is 0.855. The number of hydrogen-bond acceptors (Lipinski definition) is 4. The van der Waals surface area contributed by atoms with E-state index in [1.165, 1.54) is 0 Å². The molecule has 2 N–H and O–H groups in total. The van der Waals surface area contributed by atoms with E-state index >= 15 is 0 Å². The van der Waals surface area contributed by atoms with Crippen LogP contribution < -0.4 is 10.5 Å². The van der Waals surface area contributed by atoms with Crippen molar-refractivity contribution in [3.8, 4) is 5.75 Å². The third-order valence-corrected chi connectivity index (χ3v) is 2.75. The normalized spacial score (nSPS) is 19.3. The van der Waals surface area contributed by atoms with Gasteiger partial charge in [-0.2, -0.15) is 0 Å². The second-order valence-electron chi connectivity index (χ2n) is 3.93. The first-order chi connectivity index (χ1) is 7.75. The van der Waals surface area contributed by atoms with Crippen molar-refractivity contribution in [2.24, 2.45) is 0 Å². The van der Waals surface area contributed by atoms with Gasteiger partial charge in [0.05, 0.1) is 13.2 Å². The van der Waals surface area contributed by atoms with Crippen molar-refractivity contribution in [2.45, 2.75) is 13.2 Å². The maximum Gasteiger partial charge on any atom is 0.149 e. The average molecular weight is 222 g/mol. The minimum atomic E-state index is 0.0764. The quantitative estimate of drug-likeness (QED) is 0.784. The summed E-state index contributed by atoms with van der Waals surface area (Å²) in [6.45, 7) is 5.48. The molecule has 1 unspecified atom stereocenters. The zero-order valence-corrected chi connectivity index (χ0v) is 9.56. The van der Waals surface area contributed by atoms with Crippen molar-refractivity contribution in [1.29, 1.82) is 0 Å². The second kappa shape index (κ2) is 5.18. The molecule has 4 heteroatoms. The molecule has 4 nitrogen and oxygen atoms in total. The van der Waals surface area contributed by atoms with E-state index in [2.05, 4.69) is 11.8 Å². The van der Waals surface area contributed by atoms with Crippen molar-refractivity contribution >= 4 is 5.69 Å². The molecule has 1 aromatic rings. The third-order valence-electron chi connectivity index (χ3n) is 2.75. The molecular weight excluding hydrogens is 204 g/mol. The van der Waals surface area contributed by atoms with E-state index in [0.717, 1.165) is 37.7 Å². The number of hydrogen-bond donors (Lipinski definition) is 1. The molecule has 1 atom stereocenters. The van der Waals surface area contributed by atoms with E-state index in [1.54, 1.807) is 0 Å². The van der Waals surface area contributed by atoms with Gasteiger partial charge in [0, 0.05) is 18.8 Å². The van der Waals surface area contributed by atoms with Crippen LogP contribution in [0.5, 0.6) is 5.75 Å². The maximum atomic E-state index is 5.82. The Labute approximate surface area is 95.9 Å². The van der Waals surface area contributed by atoms with Crippen molar-refractivity contribution in [3.05, 3.63) is 24.3 Å². The lowest BCUT2D eigenvalue weighted by Gasteiger charge is -2.32. The summed E-state index contributed by atoms with van der Waals surface area (Å²) in [6, 6.07) is 7.49. The minimum absolute atomic E-state index is 0.0764. The zero-order valence-electron chi connectivity index (χ0n) is 9.56. The predicted octanol–water partition coefficient (Wildman–Crippen LogP) is 1.33. The molecule has 1 saturated heterocycles. The number of anilines is 1. The van der Waals surface area contributed by atoms with E-state index in [9.17, 15) is 0 Å². The number of rotatable bonds is 3. The summed E-state index contributed by atoms with van der Waals surface area (Å²) in [6.07, 6.45) is 0.0764. The highest BCUT2D eigenvalue weighted by atomic mass is 16.5. The lowest BCUT2D eigenvalue weighted by Crippen LogP contribution is -2.44. The second-order valence-corrected chi connectivity index (χ2v) is 3.93. The molecule has 2 rings (SSSR count). The molecule has 0 aromatic heterocycles. The fourth-order valence-electron chi connectivity index (χ4n) is 1.76. The highest BCUT2D eigenvalue weighted by Crippen LogP contribution is 2.16. The first kappa shape index (κ1) is 11.2. The largest absolute Gasteiger partial charge is 0.475 e. The summed E-state index contributed by atoms with van der Waals surface area (Å²) in [5, 5.41) is 0. The van der Waals surface area contributed by atoms with Crippen LogP contribution in [-0.4, -0.2) is 37.4 Å². The maximum absolute atomic E-state index is 5.82. The molecule has 0 spiro atoms. The third kappa shape index (κ3) is 2.87. The number of ether oxygens (including phenoxy) is 2. The zero-order chi connectivity index (χ0) is 11.4. The van der Waals surface area contributed by atoms with Gasteiger partial charge in [0.15, 0.2) is 0 Å². The summed E-state index contributed by atoms with van der Waals surface area (Å²) >= 11 is 0. The lowest BCUT2D eigenvalue weighted by atomic mass is 10.3. The van der Waals surface area contributed by atoms with Gasteiger partial charge < -0.3 is 15.2 Å². The molecule has 1 aliphatic rings. The molecular formula is C12H18N2O2. The first-order valence-electron chi connectivity index (χ1n) is 5.60. The predicted molar refractivity (Wildman–Crippen MR) is 63.3 cm³/mol. The standard InChI is InChI=1S/C12H18N2O2/c1-10(14-6-8-15-9-7-14)16-12-4-2-11(13)3-5-12/h2-5,10H,6-9,13H2,1H3. The Hall–Kier alpha value is -1.26. The van der Waals surface area contributed by atoms with E-state index in [4.69, 9.17) is 15.2 Å². The van der Waals surface area contributed by atoms with Gasteiger partial charge in [-0.25, -0.2) is 0 Å². The highest BCUT2D eigenvalue weighted by Gasteiger charge is 2.17. The van der Waals surface area contributed by atoms with Crippen LogP contribution in [0, 0.1) is 0 Å². The van der Waals surface area contributed by atoms with Crippen molar-refractivity contribution < 1.29 is 9.47 Å². The Morgan fingerprint density at radius 3 is 2.50 bits per heavy atom. The molecule has 0 aliphatic carbocycles. The molecule has 1 aromatic carbocycles. The summed E-state index contributed by atoms with van der Waals surface area (Å²) in [7, 11) is 0. The van der Waals surface area contributed by atoms with Gasteiger partial charge in [-0.3, -0.25) is 4.90 Å². The number of benzene rings is 1. The monoisotopic (exact) mass is 222 g/mol.